The summed E-state index contributed by atoms with van der Waals surface area (Å²) >= 11 is 1.46. The van der Waals surface area contributed by atoms with Crippen molar-refractivity contribution in [2.45, 2.75) is 0 Å². The third-order valence-corrected chi connectivity index (χ3v) is 7.04. The van der Waals surface area contributed by atoms with Gasteiger partial charge in [-0.05, 0) is 72.3 Å². The summed E-state index contributed by atoms with van der Waals surface area (Å²) in [4.78, 5) is 24.9. The molecule has 0 bridgehead atoms. The highest BCUT2D eigenvalue weighted by molar-refractivity contribution is 7.22. The number of carboxylic acid groups (broad SMARTS) is 1. The molecule has 4 aromatic rings. The van der Waals surface area contributed by atoms with Gasteiger partial charge in [0.2, 0.25) is 0 Å². The number of ether oxygens (including phenoxy) is 5. The fourth-order valence-electron chi connectivity index (χ4n) is 3.92. The molecule has 1 heterocycles. The van der Waals surface area contributed by atoms with E-state index in [1.807, 2.05) is 24.3 Å². The second-order valence-corrected chi connectivity index (χ2v) is 9.64. The Kier molecular flexibility index (Phi) is 10.5. The lowest BCUT2D eigenvalue weighted by molar-refractivity contribution is -0.142. The second-order valence-electron chi connectivity index (χ2n) is 8.59. The highest BCUT2D eigenvalue weighted by Crippen LogP contribution is 2.41. The first-order chi connectivity index (χ1) is 19.5. The van der Waals surface area contributed by atoms with Crippen molar-refractivity contribution in [1.82, 2.24) is 0 Å². The molecule has 1 aromatic heterocycles. The molecule has 4 rings (SSSR count). The van der Waals surface area contributed by atoms with Gasteiger partial charge in [-0.15, -0.1) is 11.3 Å². The molecule has 210 valence electrons. The van der Waals surface area contributed by atoms with Crippen LogP contribution in [0.2, 0.25) is 0 Å². The van der Waals surface area contributed by atoms with Crippen molar-refractivity contribution in [2.24, 2.45) is 0 Å². The smallest absolute Gasteiger partial charge is 0.329 e. The van der Waals surface area contributed by atoms with Crippen LogP contribution in [0.4, 0.5) is 0 Å². The quantitative estimate of drug-likeness (QED) is 0.142. The lowest BCUT2D eigenvalue weighted by Gasteiger charge is -2.09. The fraction of sp³-hybridized carbons (Fsp3) is 0.267. The summed E-state index contributed by atoms with van der Waals surface area (Å²) in [5.74, 6) is 0.356. The molecule has 9 nitrogen and oxygen atoms in total. The predicted molar refractivity (Wildman–Crippen MR) is 151 cm³/mol. The summed E-state index contributed by atoms with van der Waals surface area (Å²) in [5, 5.41) is 19.3. The summed E-state index contributed by atoms with van der Waals surface area (Å²) in [6.07, 6.45) is 0. The number of benzene rings is 3. The number of ketones is 1. The van der Waals surface area contributed by atoms with Gasteiger partial charge in [0.05, 0.1) is 40.1 Å². The summed E-state index contributed by atoms with van der Waals surface area (Å²) in [6, 6.07) is 19.6. The third kappa shape index (κ3) is 7.80. The zero-order chi connectivity index (χ0) is 28.3. The molecule has 0 aliphatic rings. The lowest BCUT2D eigenvalue weighted by atomic mass is 9.97. The lowest BCUT2D eigenvalue weighted by Crippen LogP contribution is -2.14. The van der Waals surface area contributed by atoms with Crippen LogP contribution in [0.1, 0.15) is 15.9 Å². The van der Waals surface area contributed by atoms with Crippen molar-refractivity contribution in [3.63, 3.8) is 0 Å². The first-order valence-corrected chi connectivity index (χ1v) is 13.4. The third-order valence-electron chi connectivity index (χ3n) is 5.84. The first kappa shape index (κ1) is 29.0. The van der Waals surface area contributed by atoms with E-state index < -0.39 is 5.97 Å². The van der Waals surface area contributed by atoms with Crippen LogP contribution in [0, 0.1) is 0 Å². The number of carboxylic acids is 1. The fourth-order valence-corrected chi connectivity index (χ4v) is 5.16. The molecule has 40 heavy (non-hydrogen) atoms. The van der Waals surface area contributed by atoms with Gasteiger partial charge in [-0.2, -0.15) is 0 Å². The zero-order valence-corrected chi connectivity index (χ0v) is 22.8. The standard InChI is InChI=1S/C30H30O9S/c1-35-23-7-4-21(5-8-23)30-28(25-11-6-22(31)18-26(25)40-30)29(34)20-2-9-24(10-3-20)39-17-16-37-13-12-36-14-15-38-19-27(32)33/h2-11,18,31H,12-17,19H2,1H3,(H,32,33). The van der Waals surface area contributed by atoms with Gasteiger partial charge < -0.3 is 33.9 Å². The van der Waals surface area contributed by atoms with Gasteiger partial charge in [-0.1, -0.05) is 0 Å². The SMILES string of the molecule is COc1ccc(-c2sc3cc(O)ccc3c2C(=O)c2ccc(OCCOCCOCCOCC(=O)O)cc2)cc1. The van der Waals surface area contributed by atoms with E-state index in [1.165, 1.54) is 11.3 Å². The number of methoxy groups -OCH3 is 1. The average molecular weight is 567 g/mol. The number of carbonyl (C=O) groups excluding carboxylic acids is 1. The van der Waals surface area contributed by atoms with Crippen molar-refractivity contribution < 1.29 is 43.5 Å². The van der Waals surface area contributed by atoms with Crippen LogP contribution in [-0.4, -0.2) is 75.3 Å². The van der Waals surface area contributed by atoms with Crippen molar-refractivity contribution in [1.29, 1.82) is 0 Å². The van der Waals surface area contributed by atoms with E-state index in [1.54, 1.807) is 49.6 Å². The van der Waals surface area contributed by atoms with Gasteiger partial charge in [-0.3, -0.25) is 4.79 Å². The van der Waals surface area contributed by atoms with Crippen LogP contribution in [0.5, 0.6) is 17.2 Å². The maximum atomic E-state index is 13.7. The number of thiophene rings is 1. The van der Waals surface area contributed by atoms with Crippen molar-refractivity contribution >= 4 is 33.2 Å². The van der Waals surface area contributed by atoms with E-state index >= 15 is 0 Å². The van der Waals surface area contributed by atoms with E-state index in [0.29, 0.717) is 49.9 Å². The molecule has 0 unspecified atom stereocenters. The number of phenols is 1. The molecule has 0 radical (unpaired) electrons. The Labute approximate surface area is 235 Å². The highest BCUT2D eigenvalue weighted by Gasteiger charge is 2.22. The number of rotatable bonds is 16. The number of aromatic hydroxyl groups is 1. The molecule has 10 heteroatoms. The van der Waals surface area contributed by atoms with Gasteiger partial charge in [0.25, 0.3) is 0 Å². The number of fused-ring (bicyclic) bond motifs is 1. The largest absolute Gasteiger partial charge is 0.508 e. The molecule has 0 atom stereocenters. The molecular formula is C30H30O9S. The Hall–Kier alpha value is -3.96. The van der Waals surface area contributed by atoms with Gasteiger partial charge in [0, 0.05) is 26.1 Å². The average Bonchev–Trinajstić information content (AvgIpc) is 3.34. The Morgan fingerprint density at radius 1 is 0.775 bits per heavy atom. The maximum absolute atomic E-state index is 13.7. The molecule has 0 aliphatic heterocycles. The number of phenolic OH excluding ortho intramolecular Hbond substituents is 1. The summed E-state index contributed by atoms with van der Waals surface area (Å²) < 4.78 is 27.4. The Balaban J connectivity index is 1.33. The molecule has 0 aliphatic carbocycles. The Morgan fingerprint density at radius 3 is 2.05 bits per heavy atom. The topological polar surface area (TPSA) is 121 Å². The van der Waals surface area contributed by atoms with Gasteiger partial charge in [0.15, 0.2) is 5.78 Å². The number of carbonyl (C=O) groups is 2. The number of hydrogen-bond donors (Lipinski definition) is 2. The van der Waals surface area contributed by atoms with E-state index in [2.05, 4.69) is 0 Å². The van der Waals surface area contributed by atoms with Crippen LogP contribution in [0.25, 0.3) is 20.5 Å². The minimum absolute atomic E-state index is 0.119. The number of aliphatic carboxylic acids is 1. The van der Waals surface area contributed by atoms with Gasteiger partial charge in [0.1, 0.15) is 30.5 Å². The molecule has 0 fully saturated rings. The molecular weight excluding hydrogens is 536 g/mol. The number of hydrogen-bond acceptors (Lipinski definition) is 9. The molecule has 0 saturated carbocycles. The van der Waals surface area contributed by atoms with Crippen LogP contribution in [0.15, 0.2) is 66.7 Å². The summed E-state index contributed by atoms with van der Waals surface area (Å²) in [5.41, 5.74) is 2.00. The van der Waals surface area contributed by atoms with Crippen molar-refractivity contribution in [3.05, 3.63) is 77.9 Å². The van der Waals surface area contributed by atoms with Crippen molar-refractivity contribution in [2.75, 3.05) is 53.4 Å². The first-order valence-electron chi connectivity index (χ1n) is 12.6. The molecule has 0 saturated heterocycles. The highest BCUT2D eigenvalue weighted by atomic mass is 32.1. The van der Waals surface area contributed by atoms with E-state index in [4.69, 9.17) is 28.8 Å². The van der Waals surface area contributed by atoms with Crippen LogP contribution in [0.3, 0.4) is 0 Å². The van der Waals surface area contributed by atoms with Crippen LogP contribution in [-0.2, 0) is 19.0 Å². The van der Waals surface area contributed by atoms with Gasteiger partial charge >= 0.3 is 5.97 Å². The van der Waals surface area contributed by atoms with Crippen molar-refractivity contribution in [3.8, 4) is 27.7 Å². The normalized spacial score (nSPS) is 11.0. The second kappa shape index (κ2) is 14.4. The Morgan fingerprint density at radius 2 is 1.40 bits per heavy atom. The zero-order valence-electron chi connectivity index (χ0n) is 22.0. The molecule has 0 spiro atoms. The molecule has 0 amide bonds. The van der Waals surface area contributed by atoms with E-state index in [-0.39, 0.29) is 24.7 Å². The van der Waals surface area contributed by atoms with E-state index in [0.717, 1.165) is 26.3 Å². The molecule has 2 N–H and O–H groups in total. The predicted octanol–water partition coefficient (Wildman–Crippen LogP) is 5.03. The van der Waals surface area contributed by atoms with Gasteiger partial charge in [-0.25, -0.2) is 4.79 Å². The van der Waals surface area contributed by atoms with E-state index in [9.17, 15) is 14.7 Å². The minimum atomic E-state index is -1.01. The monoisotopic (exact) mass is 566 g/mol. The minimum Gasteiger partial charge on any atom is -0.508 e. The summed E-state index contributed by atoms with van der Waals surface area (Å²) in [6.45, 7) is 1.59. The van der Waals surface area contributed by atoms with Crippen LogP contribution >= 0.6 is 11.3 Å². The Bertz CT molecular complexity index is 1410. The molecule has 3 aromatic carbocycles. The summed E-state index contributed by atoms with van der Waals surface area (Å²) in [7, 11) is 1.61. The maximum Gasteiger partial charge on any atom is 0.329 e. The van der Waals surface area contributed by atoms with Crippen LogP contribution < -0.4 is 9.47 Å².